The maximum absolute atomic E-state index is 12.7. The Bertz CT molecular complexity index is 362. The summed E-state index contributed by atoms with van der Waals surface area (Å²) in [6, 6.07) is -0.674. The summed E-state index contributed by atoms with van der Waals surface area (Å²) in [5.41, 5.74) is -0.469. The third-order valence-electron chi connectivity index (χ3n) is 4.27. The molecule has 2 N–H and O–H groups in total. The minimum absolute atomic E-state index is 0.00398. The van der Waals surface area contributed by atoms with Crippen LogP contribution in [0.1, 0.15) is 46.0 Å². The fourth-order valence-electron chi connectivity index (χ4n) is 3.34. The van der Waals surface area contributed by atoms with E-state index in [1.807, 2.05) is 13.8 Å². The summed E-state index contributed by atoms with van der Waals surface area (Å²) in [4.78, 5) is 25.7. The fourth-order valence-corrected chi connectivity index (χ4v) is 3.34. The predicted molar refractivity (Wildman–Crippen MR) is 71.8 cm³/mol. The number of carboxylic acids is 1. The highest BCUT2D eigenvalue weighted by molar-refractivity contribution is 5.91. The molecule has 2 aliphatic heterocycles. The number of likely N-dealkylation sites (tertiary alicyclic amines) is 1. The van der Waals surface area contributed by atoms with Gasteiger partial charge in [0.1, 0.15) is 6.04 Å². The number of nitrogens with zero attached hydrogens (tertiary/aromatic N) is 1. The summed E-state index contributed by atoms with van der Waals surface area (Å²) in [5, 5.41) is 12.7. The number of carbonyl (C=O) groups excluding carboxylic acids is 1. The van der Waals surface area contributed by atoms with Crippen LogP contribution < -0.4 is 5.32 Å². The van der Waals surface area contributed by atoms with E-state index >= 15 is 0 Å². The van der Waals surface area contributed by atoms with Gasteiger partial charge in [-0.3, -0.25) is 4.79 Å². The number of rotatable bonds is 4. The van der Waals surface area contributed by atoms with Gasteiger partial charge < -0.3 is 15.3 Å². The van der Waals surface area contributed by atoms with Crippen molar-refractivity contribution in [3.63, 3.8) is 0 Å². The Morgan fingerprint density at radius 3 is 2.63 bits per heavy atom. The summed E-state index contributed by atoms with van der Waals surface area (Å²) in [7, 11) is 0. The van der Waals surface area contributed by atoms with Crippen LogP contribution in [0.15, 0.2) is 0 Å². The van der Waals surface area contributed by atoms with Crippen LogP contribution in [-0.4, -0.2) is 46.6 Å². The summed E-state index contributed by atoms with van der Waals surface area (Å²) >= 11 is 0. The standard InChI is InChI=1S/C14H24N2O3/c1-10(2)9-11(12(17)18)16-8-4-6-14(13(16)19)5-3-7-15-14/h10-11,15H,3-9H2,1-2H3,(H,17,18)/t11-,14+/m0/s1. The third kappa shape index (κ3) is 2.76. The van der Waals surface area contributed by atoms with E-state index in [-0.39, 0.29) is 11.8 Å². The molecule has 0 radical (unpaired) electrons. The molecule has 2 rings (SSSR count). The molecule has 2 heterocycles. The Hall–Kier alpha value is -1.10. The van der Waals surface area contributed by atoms with Crippen molar-refractivity contribution in [1.29, 1.82) is 0 Å². The monoisotopic (exact) mass is 268 g/mol. The number of hydrogen-bond acceptors (Lipinski definition) is 3. The quantitative estimate of drug-likeness (QED) is 0.804. The molecule has 19 heavy (non-hydrogen) atoms. The van der Waals surface area contributed by atoms with E-state index in [9.17, 15) is 14.7 Å². The van der Waals surface area contributed by atoms with E-state index in [0.717, 1.165) is 32.2 Å². The second kappa shape index (κ2) is 5.49. The van der Waals surface area contributed by atoms with Crippen LogP contribution in [0.4, 0.5) is 0 Å². The molecule has 2 fully saturated rings. The van der Waals surface area contributed by atoms with Crippen molar-refractivity contribution < 1.29 is 14.7 Å². The minimum atomic E-state index is -0.878. The Kier molecular flexibility index (Phi) is 4.13. The van der Waals surface area contributed by atoms with Crippen LogP contribution >= 0.6 is 0 Å². The maximum atomic E-state index is 12.7. The number of aliphatic carboxylic acids is 1. The first-order valence-electron chi connectivity index (χ1n) is 7.25. The molecule has 0 aliphatic carbocycles. The van der Waals surface area contributed by atoms with Gasteiger partial charge in [-0.15, -0.1) is 0 Å². The van der Waals surface area contributed by atoms with Crippen LogP contribution in [0.3, 0.4) is 0 Å². The fraction of sp³-hybridized carbons (Fsp3) is 0.857. The topological polar surface area (TPSA) is 69.6 Å². The van der Waals surface area contributed by atoms with Crippen LogP contribution in [0.5, 0.6) is 0 Å². The van der Waals surface area contributed by atoms with Crippen molar-refractivity contribution in [3.05, 3.63) is 0 Å². The molecule has 0 saturated carbocycles. The third-order valence-corrected chi connectivity index (χ3v) is 4.27. The molecule has 0 aromatic heterocycles. The number of nitrogens with one attached hydrogen (secondary N) is 1. The lowest BCUT2D eigenvalue weighted by atomic mass is 9.85. The zero-order valence-corrected chi connectivity index (χ0v) is 11.8. The van der Waals surface area contributed by atoms with Crippen molar-refractivity contribution in [2.75, 3.05) is 13.1 Å². The van der Waals surface area contributed by atoms with Crippen molar-refractivity contribution >= 4 is 11.9 Å². The van der Waals surface area contributed by atoms with Gasteiger partial charge in [0.15, 0.2) is 0 Å². The van der Waals surface area contributed by atoms with E-state index in [2.05, 4.69) is 5.32 Å². The summed E-state index contributed by atoms with van der Waals surface area (Å²) in [6.45, 7) is 5.43. The molecule has 2 aliphatic rings. The molecule has 0 bridgehead atoms. The van der Waals surface area contributed by atoms with Crippen LogP contribution in [0, 0.1) is 5.92 Å². The first-order valence-corrected chi connectivity index (χ1v) is 7.25. The van der Waals surface area contributed by atoms with E-state index in [1.54, 1.807) is 4.90 Å². The van der Waals surface area contributed by atoms with Gasteiger partial charge in [0, 0.05) is 6.54 Å². The van der Waals surface area contributed by atoms with Gasteiger partial charge in [0.05, 0.1) is 5.54 Å². The number of hydrogen-bond donors (Lipinski definition) is 2. The number of carboxylic acid groups (broad SMARTS) is 1. The highest BCUT2D eigenvalue weighted by Gasteiger charge is 2.48. The molecule has 2 atom stereocenters. The number of carbonyl (C=O) groups is 2. The summed E-state index contributed by atoms with van der Waals surface area (Å²) in [6.07, 6.45) is 4.10. The highest BCUT2D eigenvalue weighted by atomic mass is 16.4. The van der Waals surface area contributed by atoms with Crippen molar-refractivity contribution in [1.82, 2.24) is 10.2 Å². The number of amides is 1. The lowest BCUT2D eigenvalue weighted by Crippen LogP contribution is -2.62. The molecular weight excluding hydrogens is 244 g/mol. The van der Waals surface area contributed by atoms with E-state index in [1.165, 1.54) is 0 Å². The molecule has 1 amide bonds. The molecule has 0 unspecified atom stereocenters. The molecule has 0 aromatic carbocycles. The zero-order chi connectivity index (χ0) is 14.0. The van der Waals surface area contributed by atoms with Gasteiger partial charge in [-0.2, -0.15) is 0 Å². The average molecular weight is 268 g/mol. The van der Waals surface area contributed by atoms with Crippen molar-refractivity contribution in [2.24, 2.45) is 5.92 Å². The van der Waals surface area contributed by atoms with Gasteiger partial charge >= 0.3 is 5.97 Å². The highest BCUT2D eigenvalue weighted by Crippen LogP contribution is 2.32. The van der Waals surface area contributed by atoms with Crippen LogP contribution in [0.2, 0.25) is 0 Å². The number of piperidine rings is 1. The predicted octanol–water partition coefficient (Wildman–Crippen LogP) is 1.23. The maximum Gasteiger partial charge on any atom is 0.326 e. The van der Waals surface area contributed by atoms with Crippen molar-refractivity contribution in [2.45, 2.75) is 57.5 Å². The molecular formula is C14H24N2O3. The molecule has 0 aromatic rings. The first kappa shape index (κ1) is 14.3. The Labute approximate surface area is 114 Å². The lowest BCUT2D eigenvalue weighted by molar-refractivity contribution is -0.156. The van der Waals surface area contributed by atoms with Gasteiger partial charge in [-0.05, 0) is 44.6 Å². The molecule has 2 saturated heterocycles. The van der Waals surface area contributed by atoms with Crippen LogP contribution in [-0.2, 0) is 9.59 Å². The van der Waals surface area contributed by atoms with Gasteiger partial charge in [-0.25, -0.2) is 4.79 Å². The summed E-state index contributed by atoms with van der Waals surface area (Å²) in [5.74, 6) is -0.607. The molecule has 5 heteroatoms. The van der Waals surface area contributed by atoms with Gasteiger partial charge in [-0.1, -0.05) is 13.8 Å². The second-order valence-corrected chi connectivity index (χ2v) is 6.20. The van der Waals surface area contributed by atoms with E-state index < -0.39 is 17.6 Å². The largest absolute Gasteiger partial charge is 0.480 e. The minimum Gasteiger partial charge on any atom is -0.480 e. The van der Waals surface area contributed by atoms with Gasteiger partial charge in [0.25, 0.3) is 0 Å². The lowest BCUT2D eigenvalue weighted by Gasteiger charge is -2.42. The van der Waals surface area contributed by atoms with Crippen LogP contribution in [0.25, 0.3) is 0 Å². The van der Waals surface area contributed by atoms with Crippen molar-refractivity contribution in [3.8, 4) is 0 Å². The molecule has 108 valence electrons. The molecule has 5 nitrogen and oxygen atoms in total. The Morgan fingerprint density at radius 2 is 2.11 bits per heavy atom. The SMILES string of the molecule is CC(C)C[C@@H](C(=O)O)N1CCC[C@]2(CCCN2)C1=O. The van der Waals surface area contributed by atoms with E-state index in [0.29, 0.717) is 13.0 Å². The van der Waals surface area contributed by atoms with Gasteiger partial charge in [0.2, 0.25) is 5.91 Å². The normalized spacial score (nSPS) is 29.2. The Morgan fingerprint density at radius 1 is 1.42 bits per heavy atom. The zero-order valence-electron chi connectivity index (χ0n) is 11.8. The molecule has 1 spiro atoms. The smallest absolute Gasteiger partial charge is 0.326 e. The average Bonchev–Trinajstić information content (AvgIpc) is 2.79. The first-order chi connectivity index (χ1) is 8.96. The Balaban J connectivity index is 2.17. The summed E-state index contributed by atoms with van der Waals surface area (Å²) < 4.78 is 0. The van der Waals surface area contributed by atoms with E-state index in [4.69, 9.17) is 0 Å². The second-order valence-electron chi connectivity index (χ2n) is 6.20.